The molecule has 0 atom stereocenters. The van der Waals surface area contributed by atoms with E-state index in [0.717, 1.165) is 5.69 Å². The summed E-state index contributed by atoms with van der Waals surface area (Å²) in [5.41, 5.74) is 12.4. The molecule has 1 nitrogen and oxygen atoms in total. The standard InChI is InChI=1S/C52H41NS/c1-4-17-36(18-5-1)40-33-34-47(45(35-40)38-21-8-3-9-22-38)53(48-30-16-32-50-52(48)44-26-11-13-31-49(44)54-50)46-29-12-10-25-42(46)43-28-15-24-39-23-14-27-41(51(39)43)37-19-6-2-7-20-37/h1,3-5,8-18,21-35,37H,2,6-7,19-20H2. The van der Waals surface area contributed by atoms with Crippen LogP contribution < -0.4 is 4.90 Å². The van der Waals surface area contributed by atoms with Gasteiger partial charge in [-0.3, -0.25) is 0 Å². The van der Waals surface area contributed by atoms with Crippen LogP contribution in [0.15, 0.2) is 182 Å². The average Bonchev–Trinajstić information content (AvgIpc) is 3.64. The summed E-state index contributed by atoms with van der Waals surface area (Å²) in [6.07, 6.45) is 6.51. The lowest BCUT2D eigenvalue weighted by Crippen LogP contribution is -2.13. The van der Waals surface area contributed by atoms with Gasteiger partial charge in [-0.05, 0) is 93.7 Å². The molecule has 0 bridgehead atoms. The maximum Gasteiger partial charge on any atom is 0.0555 e. The SMILES string of the molecule is c1ccc(-c2ccc(N(c3ccccc3-c3cccc4cccc(C5CCCCC5)c34)c3cccc4sc5ccccc5c34)c(-c3ccccc3)c2)cc1. The second-order valence-corrected chi connectivity index (χ2v) is 15.7. The minimum Gasteiger partial charge on any atom is -0.309 e. The van der Waals surface area contributed by atoms with Crippen molar-refractivity contribution in [3.63, 3.8) is 0 Å². The number of benzene rings is 8. The third-order valence-corrected chi connectivity index (χ3v) is 12.6. The van der Waals surface area contributed by atoms with Gasteiger partial charge in [0.05, 0.1) is 17.1 Å². The van der Waals surface area contributed by atoms with Gasteiger partial charge in [0.25, 0.3) is 0 Å². The molecule has 9 aromatic rings. The zero-order valence-corrected chi connectivity index (χ0v) is 31.1. The van der Waals surface area contributed by atoms with Crippen LogP contribution in [0.3, 0.4) is 0 Å². The summed E-state index contributed by atoms with van der Waals surface area (Å²) in [5.74, 6) is 0.591. The summed E-state index contributed by atoms with van der Waals surface area (Å²) >= 11 is 1.88. The maximum absolute atomic E-state index is 2.57. The number of para-hydroxylation sites is 1. The van der Waals surface area contributed by atoms with E-state index in [1.165, 1.54) is 113 Å². The fourth-order valence-corrected chi connectivity index (χ4v) is 10.1. The Labute approximate surface area is 321 Å². The highest BCUT2D eigenvalue weighted by molar-refractivity contribution is 7.26. The van der Waals surface area contributed by atoms with E-state index in [2.05, 4.69) is 187 Å². The molecule has 0 saturated heterocycles. The van der Waals surface area contributed by atoms with Gasteiger partial charge in [-0.25, -0.2) is 0 Å². The Hall–Kier alpha value is -5.96. The molecule has 0 amide bonds. The lowest BCUT2D eigenvalue weighted by Gasteiger charge is -2.31. The first-order valence-corrected chi connectivity index (χ1v) is 20.2. The van der Waals surface area contributed by atoms with Crippen LogP contribution in [-0.2, 0) is 0 Å². The van der Waals surface area contributed by atoms with Crippen LogP contribution in [0.25, 0.3) is 64.3 Å². The van der Waals surface area contributed by atoms with E-state index in [9.17, 15) is 0 Å². The number of nitrogens with zero attached hydrogens (tertiary/aromatic N) is 1. The van der Waals surface area contributed by atoms with Gasteiger partial charge in [-0.2, -0.15) is 0 Å². The van der Waals surface area contributed by atoms with E-state index in [1.807, 2.05) is 11.3 Å². The second kappa shape index (κ2) is 14.1. The molecule has 260 valence electrons. The number of thiophene rings is 1. The molecule has 1 aliphatic carbocycles. The van der Waals surface area contributed by atoms with Crippen molar-refractivity contribution in [2.45, 2.75) is 38.0 Å². The van der Waals surface area contributed by atoms with E-state index in [0.29, 0.717) is 5.92 Å². The molecule has 0 aliphatic heterocycles. The minimum absolute atomic E-state index is 0.591. The van der Waals surface area contributed by atoms with E-state index >= 15 is 0 Å². The van der Waals surface area contributed by atoms with Crippen molar-refractivity contribution in [3.8, 4) is 33.4 Å². The number of hydrogen-bond donors (Lipinski definition) is 0. The van der Waals surface area contributed by atoms with Crippen molar-refractivity contribution in [1.29, 1.82) is 0 Å². The molecule has 0 radical (unpaired) electrons. The molecule has 0 spiro atoms. The van der Waals surface area contributed by atoms with Crippen molar-refractivity contribution in [3.05, 3.63) is 188 Å². The molecule has 10 rings (SSSR count). The third-order valence-electron chi connectivity index (χ3n) is 11.5. The first-order valence-electron chi connectivity index (χ1n) is 19.4. The Morgan fingerprint density at radius 2 is 1.04 bits per heavy atom. The molecule has 1 aromatic heterocycles. The topological polar surface area (TPSA) is 3.24 Å². The normalized spacial score (nSPS) is 13.5. The Kier molecular flexibility index (Phi) is 8.54. The van der Waals surface area contributed by atoms with Crippen molar-refractivity contribution >= 4 is 59.3 Å². The molecular formula is C52H41NS. The predicted molar refractivity (Wildman–Crippen MR) is 234 cm³/mol. The quantitative estimate of drug-likeness (QED) is 0.159. The Morgan fingerprint density at radius 3 is 1.87 bits per heavy atom. The zero-order chi connectivity index (χ0) is 35.8. The van der Waals surface area contributed by atoms with Gasteiger partial charge in [-0.1, -0.05) is 165 Å². The van der Waals surface area contributed by atoms with E-state index in [1.54, 1.807) is 0 Å². The second-order valence-electron chi connectivity index (χ2n) is 14.7. The summed E-state index contributed by atoms with van der Waals surface area (Å²) < 4.78 is 2.60. The molecule has 2 heteroatoms. The lowest BCUT2D eigenvalue weighted by molar-refractivity contribution is 0.445. The largest absolute Gasteiger partial charge is 0.309 e. The van der Waals surface area contributed by atoms with Crippen LogP contribution in [0, 0.1) is 0 Å². The van der Waals surface area contributed by atoms with Gasteiger partial charge in [-0.15, -0.1) is 11.3 Å². The van der Waals surface area contributed by atoms with Crippen LogP contribution in [0.4, 0.5) is 17.1 Å². The number of fused-ring (bicyclic) bond motifs is 4. The molecule has 0 unspecified atom stereocenters. The third kappa shape index (κ3) is 5.79. The highest BCUT2D eigenvalue weighted by Crippen LogP contribution is 2.51. The number of anilines is 3. The highest BCUT2D eigenvalue weighted by Gasteiger charge is 2.26. The predicted octanol–water partition coefficient (Wildman–Crippen LogP) is 15.7. The summed E-state index contributed by atoms with van der Waals surface area (Å²) in [5, 5.41) is 5.31. The maximum atomic E-state index is 2.57. The molecule has 1 aliphatic rings. The molecule has 8 aromatic carbocycles. The molecular weight excluding hydrogens is 671 g/mol. The van der Waals surface area contributed by atoms with Crippen LogP contribution >= 0.6 is 11.3 Å². The van der Waals surface area contributed by atoms with Gasteiger partial charge in [0, 0.05) is 31.3 Å². The summed E-state index contributed by atoms with van der Waals surface area (Å²) in [7, 11) is 0. The van der Waals surface area contributed by atoms with Gasteiger partial charge in [0.1, 0.15) is 0 Å². The van der Waals surface area contributed by atoms with Gasteiger partial charge >= 0.3 is 0 Å². The van der Waals surface area contributed by atoms with E-state index in [4.69, 9.17) is 0 Å². The summed E-state index contributed by atoms with van der Waals surface area (Å²) in [4.78, 5) is 2.57. The average molecular weight is 712 g/mol. The van der Waals surface area contributed by atoms with Gasteiger partial charge < -0.3 is 4.90 Å². The van der Waals surface area contributed by atoms with Gasteiger partial charge in [0.15, 0.2) is 0 Å². The number of rotatable bonds is 7. The molecule has 1 heterocycles. The van der Waals surface area contributed by atoms with Crippen molar-refractivity contribution < 1.29 is 0 Å². The van der Waals surface area contributed by atoms with E-state index < -0.39 is 0 Å². The van der Waals surface area contributed by atoms with Crippen molar-refractivity contribution in [2.75, 3.05) is 4.90 Å². The first-order chi connectivity index (χ1) is 26.8. The van der Waals surface area contributed by atoms with Gasteiger partial charge in [0.2, 0.25) is 0 Å². The minimum atomic E-state index is 0.591. The fraction of sp³-hybridized carbons (Fsp3) is 0.115. The molecule has 1 saturated carbocycles. The monoisotopic (exact) mass is 711 g/mol. The van der Waals surface area contributed by atoms with Crippen molar-refractivity contribution in [1.82, 2.24) is 0 Å². The Bertz CT molecular complexity index is 2750. The molecule has 54 heavy (non-hydrogen) atoms. The highest BCUT2D eigenvalue weighted by atomic mass is 32.1. The van der Waals surface area contributed by atoms with Crippen LogP contribution in [0.1, 0.15) is 43.6 Å². The number of hydrogen-bond acceptors (Lipinski definition) is 2. The first kappa shape index (κ1) is 32.7. The zero-order valence-electron chi connectivity index (χ0n) is 30.3. The summed E-state index contributed by atoms with van der Waals surface area (Å²) in [6.45, 7) is 0. The molecule has 1 fully saturated rings. The Morgan fingerprint density at radius 1 is 0.407 bits per heavy atom. The smallest absolute Gasteiger partial charge is 0.0555 e. The summed E-state index contributed by atoms with van der Waals surface area (Å²) in [6, 6.07) is 67.5. The van der Waals surface area contributed by atoms with Crippen molar-refractivity contribution in [2.24, 2.45) is 0 Å². The van der Waals surface area contributed by atoms with Crippen LogP contribution in [0.5, 0.6) is 0 Å². The lowest BCUT2D eigenvalue weighted by atomic mass is 9.80. The Balaban J connectivity index is 1.29. The van der Waals surface area contributed by atoms with Crippen LogP contribution in [0.2, 0.25) is 0 Å². The fourth-order valence-electron chi connectivity index (χ4n) is 8.97. The van der Waals surface area contributed by atoms with E-state index in [-0.39, 0.29) is 0 Å². The van der Waals surface area contributed by atoms with Crippen LogP contribution in [-0.4, -0.2) is 0 Å². The molecule has 0 N–H and O–H groups in total.